The van der Waals surface area contributed by atoms with E-state index in [9.17, 15) is 14.9 Å². The molecule has 1 aliphatic heterocycles. The van der Waals surface area contributed by atoms with Crippen LogP contribution >= 0.6 is 0 Å². The summed E-state index contributed by atoms with van der Waals surface area (Å²) >= 11 is 0. The molecule has 35 heavy (non-hydrogen) atoms. The molecule has 1 N–H and O–H groups in total. The first kappa shape index (κ1) is 22.1. The fraction of sp³-hybridized carbons (Fsp3) is 0.154. The van der Waals surface area contributed by atoms with Crippen LogP contribution in [0.15, 0.2) is 78.0 Å². The first-order valence-electron chi connectivity index (χ1n) is 10.9. The summed E-state index contributed by atoms with van der Waals surface area (Å²) in [6, 6.07) is 18.4. The van der Waals surface area contributed by atoms with Gasteiger partial charge in [-0.3, -0.25) is 19.5 Å². The largest absolute Gasteiger partial charge is 0.493 e. The van der Waals surface area contributed by atoms with E-state index >= 15 is 0 Å². The van der Waals surface area contributed by atoms with Crippen LogP contribution in [0.5, 0.6) is 11.5 Å². The van der Waals surface area contributed by atoms with Crippen LogP contribution < -0.4 is 14.8 Å². The normalized spacial score (nSPS) is 14.9. The summed E-state index contributed by atoms with van der Waals surface area (Å²) < 4.78 is 12.6. The number of nitrogens with zero attached hydrogens (tertiary/aromatic N) is 3. The Morgan fingerprint density at radius 3 is 2.37 bits per heavy atom. The number of benzene rings is 3. The van der Waals surface area contributed by atoms with Crippen molar-refractivity contribution < 1.29 is 19.2 Å². The van der Waals surface area contributed by atoms with E-state index in [0.717, 1.165) is 5.52 Å². The molecule has 1 aliphatic rings. The third-order valence-corrected chi connectivity index (χ3v) is 6.14. The number of aromatic nitrogens is 2. The van der Waals surface area contributed by atoms with Crippen LogP contribution in [0.25, 0.3) is 11.0 Å². The highest BCUT2D eigenvalue weighted by Gasteiger charge is 2.38. The van der Waals surface area contributed by atoms with Crippen molar-refractivity contribution in [2.45, 2.75) is 13.0 Å². The predicted molar refractivity (Wildman–Crippen MR) is 131 cm³/mol. The van der Waals surface area contributed by atoms with Crippen molar-refractivity contribution in [3.8, 4) is 11.5 Å². The van der Waals surface area contributed by atoms with Gasteiger partial charge in [0, 0.05) is 16.8 Å². The van der Waals surface area contributed by atoms with Crippen molar-refractivity contribution in [3.63, 3.8) is 0 Å². The molecule has 2 heterocycles. The van der Waals surface area contributed by atoms with Crippen molar-refractivity contribution in [3.05, 3.63) is 99.2 Å². The number of fused-ring (bicyclic) bond motifs is 3. The Bertz CT molecular complexity index is 1510. The summed E-state index contributed by atoms with van der Waals surface area (Å²) in [6.07, 6.45) is 0. The van der Waals surface area contributed by atoms with Gasteiger partial charge in [0.2, 0.25) is 5.95 Å². The molecule has 0 unspecified atom stereocenters. The standard InChI is InChI=1S/C26H22N4O5/c1-15-23(25(31)16-9-5-4-6-10-16)24(29-19-12-8-7-11-18(19)28-26(29)27-15)17-13-21(34-2)22(35-3)14-20(17)30(32)33/h4-14,24H,1-3H3,(H,27,28)/t24-/m1/s1. The first-order valence-corrected chi connectivity index (χ1v) is 10.9. The number of hydrogen-bond donors (Lipinski definition) is 1. The van der Waals surface area contributed by atoms with E-state index in [1.54, 1.807) is 37.3 Å². The zero-order valence-electron chi connectivity index (χ0n) is 19.3. The molecule has 0 amide bonds. The summed E-state index contributed by atoms with van der Waals surface area (Å²) in [6.45, 7) is 1.78. The lowest BCUT2D eigenvalue weighted by Crippen LogP contribution is -2.28. The molecule has 4 aromatic rings. The van der Waals surface area contributed by atoms with E-state index in [1.807, 2.05) is 34.9 Å². The Kier molecular flexibility index (Phi) is 5.44. The minimum absolute atomic E-state index is 0.190. The minimum Gasteiger partial charge on any atom is -0.493 e. The number of anilines is 1. The highest BCUT2D eigenvalue weighted by molar-refractivity contribution is 6.11. The number of rotatable bonds is 6. The maximum absolute atomic E-state index is 13.9. The van der Waals surface area contributed by atoms with E-state index in [2.05, 4.69) is 10.3 Å². The molecule has 0 spiro atoms. The zero-order chi connectivity index (χ0) is 24.7. The van der Waals surface area contributed by atoms with Gasteiger partial charge in [-0.1, -0.05) is 42.5 Å². The Morgan fingerprint density at radius 1 is 1.03 bits per heavy atom. The van der Waals surface area contributed by atoms with Gasteiger partial charge in [0.15, 0.2) is 17.3 Å². The molecule has 1 aromatic heterocycles. The summed E-state index contributed by atoms with van der Waals surface area (Å²) in [5.74, 6) is 0.793. The Hall–Kier alpha value is -4.66. The van der Waals surface area contributed by atoms with Gasteiger partial charge < -0.3 is 14.8 Å². The number of nitro benzene ring substituents is 1. The molecule has 3 aromatic carbocycles. The molecule has 0 radical (unpaired) electrons. The number of ketones is 1. The van der Waals surface area contributed by atoms with Crippen LogP contribution in [0.2, 0.25) is 0 Å². The van der Waals surface area contributed by atoms with Gasteiger partial charge in [-0.15, -0.1) is 0 Å². The fourth-order valence-corrected chi connectivity index (χ4v) is 4.56. The van der Waals surface area contributed by atoms with E-state index in [4.69, 9.17) is 9.47 Å². The summed E-state index contributed by atoms with van der Waals surface area (Å²) in [4.78, 5) is 30.3. The maximum atomic E-state index is 13.9. The number of nitro groups is 1. The van der Waals surface area contributed by atoms with Crippen molar-refractivity contribution in [1.29, 1.82) is 0 Å². The second kappa shape index (κ2) is 8.60. The van der Waals surface area contributed by atoms with Gasteiger partial charge in [-0.05, 0) is 25.1 Å². The Morgan fingerprint density at radius 2 is 1.69 bits per heavy atom. The molecule has 9 heteroatoms. The smallest absolute Gasteiger partial charge is 0.279 e. The van der Waals surface area contributed by atoms with Crippen molar-refractivity contribution in [2.24, 2.45) is 0 Å². The number of allylic oxidation sites excluding steroid dienone is 2. The molecular weight excluding hydrogens is 448 g/mol. The third-order valence-electron chi connectivity index (χ3n) is 6.14. The maximum Gasteiger partial charge on any atom is 0.279 e. The monoisotopic (exact) mass is 470 g/mol. The van der Waals surface area contributed by atoms with Gasteiger partial charge in [-0.25, -0.2) is 4.98 Å². The highest BCUT2D eigenvalue weighted by atomic mass is 16.6. The van der Waals surface area contributed by atoms with Gasteiger partial charge in [0.05, 0.1) is 47.8 Å². The quantitative estimate of drug-likeness (QED) is 0.236. The second-order valence-corrected chi connectivity index (χ2v) is 8.08. The van der Waals surface area contributed by atoms with Gasteiger partial charge in [0.1, 0.15) is 0 Å². The summed E-state index contributed by atoms with van der Waals surface area (Å²) in [5, 5.41) is 15.5. The number of nitrogens with one attached hydrogen (secondary N) is 1. The number of carbonyl (C=O) groups excluding carboxylic acids is 1. The molecule has 0 aliphatic carbocycles. The number of hydrogen-bond acceptors (Lipinski definition) is 7. The summed E-state index contributed by atoms with van der Waals surface area (Å²) in [5.41, 5.74) is 2.95. The average Bonchev–Trinajstić information content (AvgIpc) is 3.24. The second-order valence-electron chi connectivity index (χ2n) is 8.08. The number of methoxy groups -OCH3 is 2. The number of imidazole rings is 1. The van der Waals surface area contributed by atoms with Crippen LogP contribution in [-0.2, 0) is 0 Å². The average molecular weight is 470 g/mol. The molecule has 0 saturated carbocycles. The molecule has 9 nitrogen and oxygen atoms in total. The molecule has 176 valence electrons. The number of Topliss-reactive ketones (excluding diaryl/α,β-unsaturated/α-hetero) is 1. The van der Waals surface area contributed by atoms with E-state index in [0.29, 0.717) is 34.0 Å². The lowest BCUT2D eigenvalue weighted by atomic mass is 9.88. The van der Waals surface area contributed by atoms with Gasteiger partial charge in [0.25, 0.3) is 5.69 Å². The van der Waals surface area contributed by atoms with Crippen LogP contribution in [-0.4, -0.2) is 34.5 Å². The predicted octanol–water partition coefficient (Wildman–Crippen LogP) is 5.13. The van der Waals surface area contributed by atoms with Gasteiger partial charge >= 0.3 is 0 Å². The third kappa shape index (κ3) is 3.57. The first-order chi connectivity index (χ1) is 16.9. The zero-order valence-corrected chi connectivity index (χ0v) is 19.3. The number of carbonyl (C=O) groups is 1. The van der Waals surface area contributed by atoms with Crippen molar-refractivity contribution in [2.75, 3.05) is 19.5 Å². The topological polar surface area (TPSA) is 109 Å². The Balaban J connectivity index is 1.85. The lowest BCUT2D eigenvalue weighted by molar-refractivity contribution is -0.385. The SMILES string of the molecule is COc1cc([C@@H]2C(C(=O)c3ccccc3)=C(C)Nc3nc4ccccc4n32)c([N+](=O)[O-])cc1OC. The van der Waals surface area contributed by atoms with Crippen molar-refractivity contribution in [1.82, 2.24) is 9.55 Å². The molecule has 1 atom stereocenters. The highest BCUT2D eigenvalue weighted by Crippen LogP contribution is 2.46. The van der Waals surface area contributed by atoms with Crippen LogP contribution in [0.3, 0.4) is 0 Å². The number of ether oxygens (including phenoxy) is 2. The fourth-order valence-electron chi connectivity index (χ4n) is 4.56. The number of para-hydroxylation sites is 2. The van der Waals surface area contributed by atoms with Crippen LogP contribution in [0, 0.1) is 10.1 Å². The molecule has 0 fully saturated rings. The van der Waals surface area contributed by atoms with Crippen molar-refractivity contribution >= 4 is 28.5 Å². The minimum atomic E-state index is -0.841. The van der Waals surface area contributed by atoms with Gasteiger partial charge in [-0.2, -0.15) is 0 Å². The van der Waals surface area contributed by atoms with Crippen LogP contribution in [0.4, 0.5) is 11.6 Å². The molecule has 0 bridgehead atoms. The molecule has 5 rings (SSSR count). The molecular formula is C26H22N4O5. The lowest BCUT2D eigenvalue weighted by Gasteiger charge is -2.30. The molecule has 0 saturated heterocycles. The van der Waals surface area contributed by atoms with E-state index in [-0.39, 0.29) is 22.8 Å². The van der Waals surface area contributed by atoms with E-state index in [1.165, 1.54) is 20.3 Å². The Labute approximate surface area is 200 Å². The summed E-state index contributed by atoms with van der Waals surface area (Å²) in [7, 11) is 2.88. The van der Waals surface area contributed by atoms with E-state index < -0.39 is 11.0 Å². The van der Waals surface area contributed by atoms with Crippen LogP contribution in [0.1, 0.15) is 28.9 Å².